The summed E-state index contributed by atoms with van der Waals surface area (Å²) in [5.74, 6) is -0.241. The van der Waals surface area contributed by atoms with E-state index in [1.165, 1.54) is 5.57 Å². The summed E-state index contributed by atoms with van der Waals surface area (Å²) in [6.45, 7) is 7.30. The van der Waals surface area contributed by atoms with Crippen LogP contribution in [0.25, 0.3) is 0 Å². The number of hydrogen-bond acceptors (Lipinski definition) is 4. The number of nitrogens with one attached hydrogen (secondary N) is 2. The highest BCUT2D eigenvalue weighted by Crippen LogP contribution is 2.20. The normalized spacial score (nSPS) is 26.7. The Morgan fingerprint density at radius 1 is 1.33 bits per heavy atom. The van der Waals surface area contributed by atoms with Gasteiger partial charge >= 0.3 is 0 Å². The Morgan fingerprint density at radius 2 is 2.06 bits per heavy atom. The standard InChI is InChI=1S/C12H19N3O2S/c1-9-5-3-7-13-15(8-4-6-9)12-10(2)11(16)14-18(12)17/h13H,1,3-8H2,2H3,(H,14,16). The third-order valence-electron chi connectivity index (χ3n) is 3.19. The highest BCUT2D eigenvalue weighted by atomic mass is 32.2. The molecule has 18 heavy (non-hydrogen) atoms. The van der Waals surface area contributed by atoms with Crippen LogP contribution in [0.4, 0.5) is 0 Å². The molecule has 2 heterocycles. The first kappa shape index (κ1) is 13.3. The van der Waals surface area contributed by atoms with Gasteiger partial charge in [0.1, 0.15) is 5.03 Å². The Balaban J connectivity index is 2.13. The van der Waals surface area contributed by atoms with Gasteiger partial charge in [0.2, 0.25) is 0 Å². The minimum Gasteiger partial charge on any atom is -0.298 e. The number of allylic oxidation sites excluding steroid dienone is 1. The third kappa shape index (κ3) is 2.81. The van der Waals surface area contributed by atoms with Crippen molar-refractivity contribution in [1.82, 2.24) is 15.2 Å². The summed E-state index contributed by atoms with van der Waals surface area (Å²) in [7, 11) is -1.43. The van der Waals surface area contributed by atoms with Gasteiger partial charge < -0.3 is 0 Å². The molecule has 2 aliphatic rings. The molecule has 2 rings (SSSR count). The topological polar surface area (TPSA) is 61.4 Å². The SMILES string of the molecule is C=C1CCCNN(C2=C(C)C(=O)NS2=O)CCC1. The third-order valence-corrected chi connectivity index (χ3v) is 4.44. The van der Waals surface area contributed by atoms with E-state index >= 15 is 0 Å². The molecule has 1 fully saturated rings. The van der Waals surface area contributed by atoms with Crippen molar-refractivity contribution in [2.75, 3.05) is 13.1 Å². The van der Waals surface area contributed by atoms with Crippen LogP contribution in [-0.4, -0.2) is 28.2 Å². The number of hydrogen-bond donors (Lipinski definition) is 2. The molecule has 6 heteroatoms. The number of rotatable bonds is 1. The van der Waals surface area contributed by atoms with Gasteiger partial charge in [0, 0.05) is 13.1 Å². The van der Waals surface area contributed by atoms with Crippen molar-refractivity contribution in [1.29, 1.82) is 0 Å². The lowest BCUT2D eigenvalue weighted by molar-refractivity contribution is -0.115. The molecule has 1 atom stereocenters. The van der Waals surface area contributed by atoms with Crippen LogP contribution in [0.2, 0.25) is 0 Å². The number of amides is 1. The van der Waals surface area contributed by atoms with E-state index in [2.05, 4.69) is 16.7 Å². The number of hydrazine groups is 1. The Bertz CT molecular complexity index is 431. The minimum atomic E-state index is -1.43. The maximum atomic E-state index is 11.9. The fourth-order valence-electron chi connectivity index (χ4n) is 2.16. The Morgan fingerprint density at radius 3 is 2.72 bits per heavy atom. The quantitative estimate of drug-likeness (QED) is 0.696. The Hall–Kier alpha value is -1.14. The second kappa shape index (κ2) is 5.67. The van der Waals surface area contributed by atoms with Crippen molar-refractivity contribution in [2.24, 2.45) is 0 Å². The predicted octanol–water partition coefficient (Wildman–Crippen LogP) is 0.948. The lowest BCUT2D eigenvalue weighted by Gasteiger charge is -2.25. The largest absolute Gasteiger partial charge is 0.298 e. The molecular weight excluding hydrogens is 250 g/mol. The van der Waals surface area contributed by atoms with Crippen molar-refractivity contribution in [2.45, 2.75) is 32.6 Å². The highest BCUT2D eigenvalue weighted by Gasteiger charge is 2.30. The van der Waals surface area contributed by atoms with Crippen molar-refractivity contribution >= 4 is 16.9 Å². The van der Waals surface area contributed by atoms with E-state index < -0.39 is 11.0 Å². The fraction of sp³-hybridized carbons (Fsp3) is 0.583. The molecule has 1 amide bonds. The van der Waals surface area contributed by atoms with Crippen molar-refractivity contribution in [3.05, 3.63) is 22.8 Å². The van der Waals surface area contributed by atoms with E-state index in [1.807, 2.05) is 5.01 Å². The van der Waals surface area contributed by atoms with Gasteiger partial charge in [-0.25, -0.2) is 9.63 Å². The van der Waals surface area contributed by atoms with Gasteiger partial charge in [-0.1, -0.05) is 12.2 Å². The summed E-state index contributed by atoms with van der Waals surface area (Å²) < 4.78 is 14.3. The van der Waals surface area contributed by atoms with E-state index in [4.69, 9.17) is 0 Å². The van der Waals surface area contributed by atoms with E-state index in [-0.39, 0.29) is 5.91 Å². The average molecular weight is 269 g/mol. The first-order valence-corrected chi connectivity index (χ1v) is 7.36. The minimum absolute atomic E-state index is 0.241. The average Bonchev–Trinajstić information content (AvgIpc) is 2.62. The zero-order valence-electron chi connectivity index (χ0n) is 10.6. The lowest BCUT2D eigenvalue weighted by Crippen LogP contribution is -2.40. The molecule has 0 saturated carbocycles. The summed E-state index contributed by atoms with van der Waals surface area (Å²) in [5, 5.41) is 2.44. The molecular formula is C12H19N3O2S. The van der Waals surface area contributed by atoms with Crippen LogP contribution < -0.4 is 10.1 Å². The Kier molecular flexibility index (Phi) is 4.19. The molecule has 0 radical (unpaired) electrons. The monoisotopic (exact) mass is 269 g/mol. The summed E-state index contributed by atoms with van der Waals surface area (Å²) >= 11 is 0. The number of carbonyl (C=O) groups is 1. The smallest absolute Gasteiger partial charge is 0.261 e. The van der Waals surface area contributed by atoms with Gasteiger partial charge in [0.15, 0.2) is 11.0 Å². The van der Waals surface area contributed by atoms with Gasteiger partial charge in [-0.15, -0.1) is 0 Å². The fourth-order valence-corrected chi connectivity index (χ4v) is 3.31. The number of nitrogens with zero attached hydrogens (tertiary/aromatic N) is 1. The molecule has 1 unspecified atom stereocenters. The van der Waals surface area contributed by atoms with Crippen LogP contribution in [0.5, 0.6) is 0 Å². The summed E-state index contributed by atoms with van der Waals surface area (Å²) in [6.07, 6.45) is 3.97. The van der Waals surface area contributed by atoms with Gasteiger partial charge in [-0.2, -0.15) is 0 Å². The van der Waals surface area contributed by atoms with Crippen LogP contribution in [0, 0.1) is 0 Å². The molecule has 0 aromatic heterocycles. The molecule has 100 valence electrons. The maximum absolute atomic E-state index is 11.9. The van der Waals surface area contributed by atoms with E-state index in [9.17, 15) is 9.00 Å². The predicted molar refractivity (Wildman–Crippen MR) is 71.3 cm³/mol. The van der Waals surface area contributed by atoms with Crippen molar-refractivity contribution in [3.63, 3.8) is 0 Å². The van der Waals surface area contributed by atoms with Crippen molar-refractivity contribution < 1.29 is 9.00 Å². The van der Waals surface area contributed by atoms with Crippen LogP contribution >= 0.6 is 0 Å². The first-order chi connectivity index (χ1) is 8.59. The van der Waals surface area contributed by atoms with Crippen LogP contribution in [0.3, 0.4) is 0 Å². The van der Waals surface area contributed by atoms with E-state index in [0.29, 0.717) is 10.6 Å². The van der Waals surface area contributed by atoms with Crippen LogP contribution in [-0.2, 0) is 15.8 Å². The van der Waals surface area contributed by atoms with Gasteiger partial charge in [0.05, 0.1) is 5.57 Å². The van der Waals surface area contributed by atoms with E-state index in [0.717, 1.165) is 38.8 Å². The molecule has 0 spiro atoms. The van der Waals surface area contributed by atoms with Gasteiger partial charge in [0.25, 0.3) is 5.91 Å². The summed E-state index contributed by atoms with van der Waals surface area (Å²) in [4.78, 5) is 11.5. The molecule has 0 bridgehead atoms. The number of carbonyl (C=O) groups excluding carboxylic acids is 1. The molecule has 5 nitrogen and oxygen atoms in total. The van der Waals surface area contributed by atoms with Gasteiger partial charge in [-0.3, -0.25) is 14.5 Å². The van der Waals surface area contributed by atoms with Crippen molar-refractivity contribution in [3.8, 4) is 0 Å². The zero-order valence-corrected chi connectivity index (χ0v) is 11.4. The summed E-state index contributed by atoms with van der Waals surface area (Å²) in [5.41, 5.74) is 5.06. The lowest BCUT2D eigenvalue weighted by atomic mass is 10.1. The summed E-state index contributed by atoms with van der Waals surface area (Å²) in [6, 6.07) is 0. The first-order valence-electron chi connectivity index (χ1n) is 6.21. The second-order valence-electron chi connectivity index (χ2n) is 4.65. The molecule has 0 aromatic carbocycles. The second-order valence-corrected chi connectivity index (χ2v) is 5.78. The molecule has 0 aromatic rings. The van der Waals surface area contributed by atoms with Crippen LogP contribution in [0.15, 0.2) is 22.8 Å². The molecule has 1 saturated heterocycles. The molecule has 2 aliphatic heterocycles. The maximum Gasteiger partial charge on any atom is 0.261 e. The van der Waals surface area contributed by atoms with Crippen LogP contribution in [0.1, 0.15) is 32.6 Å². The zero-order chi connectivity index (χ0) is 13.1. The van der Waals surface area contributed by atoms with E-state index in [1.54, 1.807) is 6.92 Å². The molecule has 0 aliphatic carbocycles. The Labute approximate surface area is 110 Å². The highest BCUT2D eigenvalue weighted by molar-refractivity contribution is 7.88. The molecule has 2 N–H and O–H groups in total. The van der Waals surface area contributed by atoms with Gasteiger partial charge in [-0.05, 0) is 32.6 Å².